The summed E-state index contributed by atoms with van der Waals surface area (Å²) in [5.41, 5.74) is 1.26. The molecule has 154 valence electrons. The molecule has 5 nitrogen and oxygen atoms in total. The van der Waals surface area contributed by atoms with Gasteiger partial charge in [-0.15, -0.1) is 0 Å². The SMILES string of the molecule is COc1ccccc1CCNC(=O)C1CCC(C(=O)Nc2ccccc2F)CC1. The maximum Gasteiger partial charge on any atom is 0.227 e. The number of rotatable bonds is 7. The van der Waals surface area contributed by atoms with E-state index < -0.39 is 5.82 Å². The fraction of sp³-hybridized carbons (Fsp3) is 0.391. The monoisotopic (exact) mass is 398 g/mol. The lowest BCUT2D eigenvalue weighted by molar-refractivity contribution is -0.128. The summed E-state index contributed by atoms with van der Waals surface area (Å²) in [4.78, 5) is 24.9. The summed E-state index contributed by atoms with van der Waals surface area (Å²) in [5.74, 6) is -0.0255. The Morgan fingerprint density at radius 3 is 2.28 bits per heavy atom. The van der Waals surface area contributed by atoms with Gasteiger partial charge in [-0.05, 0) is 55.9 Å². The van der Waals surface area contributed by atoms with Crippen molar-refractivity contribution in [2.45, 2.75) is 32.1 Å². The number of hydrogen-bond acceptors (Lipinski definition) is 3. The van der Waals surface area contributed by atoms with Gasteiger partial charge in [-0.3, -0.25) is 9.59 Å². The van der Waals surface area contributed by atoms with Crippen molar-refractivity contribution in [1.82, 2.24) is 5.32 Å². The van der Waals surface area contributed by atoms with Crippen LogP contribution in [0.3, 0.4) is 0 Å². The van der Waals surface area contributed by atoms with Gasteiger partial charge >= 0.3 is 0 Å². The highest BCUT2D eigenvalue weighted by Gasteiger charge is 2.30. The first-order chi connectivity index (χ1) is 14.1. The molecular weight excluding hydrogens is 371 g/mol. The number of benzene rings is 2. The molecule has 1 aliphatic carbocycles. The van der Waals surface area contributed by atoms with Crippen LogP contribution >= 0.6 is 0 Å². The molecule has 1 saturated carbocycles. The van der Waals surface area contributed by atoms with Gasteiger partial charge in [-0.1, -0.05) is 30.3 Å². The molecule has 3 rings (SSSR count). The van der Waals surface area contributed by atoms with Crippen molar-refractivity contribution in [1.29, 1.82) is 0 Å². The summed E-state index contributed by atoms with van der Waals surface area (Å²) in [6.45, 7) is 0.549. The number of carbonyl (C=O) groups excluding carboxylic acids is 2. The number of anilines is 1. The van der Waals surface area contributed by atoms with Crippen molar-refractivity contribution >= 4 is 17.5 Å². The Bertz CT molecular complexity index is 848. The van der Waals surface area contributed by atoms with Crippen molar-refractivity contribution in [3.63, 3.8) is 0 Å². The van der Waals surface area contributed by atoms with Crippen LogP contribution < -0.4 is 15.4 Å². The summed E-state index contributed by atoms with van der Waals surface area (Å²) in [7, 11) is 1.64. The normalized spacial score (nSPS) is 18.7. The topological polar surface area (TPSA) is 67.4 Å². The minimum atomic E-state index is -0.441. The van der Waals surface area contributed by atoms with E-state index in [0.29, 0.717) is 38.6 Å². The Hall–Kier alpha value is -2.89. The highest BCUT2D eigenvalue weighted by Crippen LogP contribution is 2.30. The van der Waals surface area contributed by atoms with E-state index >= 15 is 0 Å². The van der Waals surface area contributed by atoms with Crippen LogP contribution in [0, 0.1) is 17.7 Å². The molecule has 6 heteroatoms. The third-order valence-electron chi connectivity index (χ3n) is 5.49. The molecule has 0 spiro atoms. The lowest BCUT2D eigenvalue weighted by Crippen LogP contribution is -2.36. The Morgan fingerprint density at radius 1 is 0.966 bits per heavy atom. The van der Waals surface area contributed by atoms with Crippen molar-refractivity contribution in [2.75, 3.05) is 19.0 Å². The second kappa shape index (κ2) is 10.0. The van der Waals surface area contributed by atoms with Gasteiger partial charge in [0, 0.05) is 18.4 Å². The van der Waals surface area contributed by atoms with Crippen molar-refractivity contribution < 1.29 is 18.7 Å². The smallest absolute Gasteiger partial charge is 0.227 e. The summed E-state index contributed by atoms with van der Waals surface area (Å²) in [6, 6.07) is 13.9. The summed E-state index contributed by atoms with van der Waals surface area (Å²) >= 11 is 0. The van der Waals surface area contributed by atoms with E-state index in [-0.39, 0.29) is 29.3 Å². The number of amides is 2. The van der Waals surface area contributed by atoms with Crippen molar-refractivity contribution in [3.05, 3.63) is 59.9 Å². The van der Waals surface area contributed by atoms with Gasteiger partial charge in [-0.2, -0.15) is 0 Å². The molecular formula is C23H27FN2O3. The molecule has 0 heterocycles. The van der Waals surface area contributed by atoms with E-state index in [1.807, 2.05) is 24.3 Å². The van der Waals surface area contributed by atoms with Gasteiger partial charge in [-0.25, -0.2) is 4.39 Å². The van der Waals surface area contributed by atoms with E-state index in [1.165, 1.54) is 6.07 Å². The second-order valence-electron chi connectivity index (χ2n) is 7.37. The quantitative estimate of drug-likeness (QED) is 0.742. The predicted octanol–water partition coefficient (Wildman–Crippen LogP) is 3.94. The van der Waals surface area contributed by atoms with Crippen LogP contribution in [-0.2, 0) is 16.0 Å². The van der Waals surface area contributed by atoms with E-state index in [1.54, 1.807) is 25.3 Å². The number of nitrogens with one attached hydrogen (secondary N) is 2. The van der Waals surface area contributed by atoms with Crippen LogP contribution in [0.15, 0.2) is 48.5 Å². The van der Waals surface area contributed by atoms with Crippen LogP contribution in [0.25, 0.3) is 0 Å². The van der Waals surface area contributed by atoms with E-state index in [0.717, 1.165) is 11.3 Å². The van der Waals surface area contributed by atoms with E-state index in [2.05, 4.69) is 10.6 Å². The van der Waals surface area contributed by atoms with Crippen LogP contribution in [0.1, 0.15) is 31.2 Å². The van der Waals surface area contributed by atoms with Crippen LogP contribution in [0.4, 0.5) is 10.1 Å². The number of hydrogen-bond donors (Lipinski definition) is 2. The summed E-state index contributed by atoms with van der Waals surface area (Å²) in [5, 5.41) is 5.66. The molecule has 0 aliphatic heterocycles. The lowest BCUT2D eigenvalue weighted by atomic mass is 9.81. The molecule has 2 aromatic rings. The lowest BCUT2D eigenvalue weighted by Gasteiger charge is -2.27. The molecule has 2 aromatic carbocycles. The zero-order valence-electron chi connectivity index (χ0n) is 16.6. The Balaban J connectivity index is 1.42. The average molecular weight is 398 g/mol. The van der Waals surface area contributed by atoms with Crippen molar-refractivity contribution in [3.8, 4) is 5.75 Å². The second-order valence-corrected chi connectivity index (χ2v) is 7.37. The molecule has 0 aromatic heterocycles. The van der Waals surface area contributed by atoms with Crippen LogP contribution in [0.2, 0.25) is 0 Å². The fourth-order valence-corrected chi connectivity index (χ4v) is 3.79. The van der Waals surface area contributed by atoms with E-state index in [4.69, 9.17) is 4.74 Å². The van der Waals surface area contributed by atoms with Crippen LogP contribution in [-0.4, -0.2) is 25.5 Å². The largest absolute Gasteiger partial charge is 0.496 e. The number of ether oxygens (including phenoxy) is 1. The van der Waals surface area contributed by atoms with E-state index in [9.17, 15) is 14.0 Å². The number of halogens is 1. The van der Waals surface area contributed by atoms with Gasteiger partial charge in [0.15, 0.2) is 0 Å². The van der Waals surface area contributed by atoms with Gasteiger partial charge in [0.25, 0.3) is 0 Å². The molecule has 1 aliphatic rings. The molecule has 0 radical (unpaired) electrons. The Kier molecular flexibility index (Phi) is 7.22. The molecule has 0 unspecified atom stereocenters. The fourth-order valence-electron chi connectivity index (χ4n) is 3.79. The summed E-state index contributed by atoms with van der Waals surface area (Å²) < 4.78 is 19.0. The first kappa shape index (κ1) is 20.8. The predicted molar refractivity (Wildman–Crippen MR) is 110 cm³/mol. The number of para-hydroxylation sites is 2. The zero-order valence-corrected chi connectivity index (χ0v) is 16.6. The average Bonchev–Trinajstić information content (AvgIpc) is 2.75. The Morgan fingerprint density at radius 2 is 1.59 bits per heavy atom. The third-order valence-corrected chi connectivity index (χ3v) is 5.49. The van der Waals surface area contributed by atoms with Crippen molar-refractivity contribution in [2.24, 2.45) is 11.8 Å². The zero-order chi connectivity index (χ0) is 20.6. The standard InChI is InChI=1S/C23H27FN2O3/c1-29-21-9-5-2-6-16(21)14-15-25-22(27)17-10-12-18(13-11-17)23(28)26-20-8-4-3-7-19(20)24/h2-9,17-18H,10-15H2,1H3,(H,25,27)(H,26,28). The van der Waals surface area contributed by atoms with Crippen LogP contribution in [0.5, 0.6) is 5.75 Å². The van der Waals surface area contributed by atoms with Gasteiger partial charge in [0.2, 0.25) is 11.8 Å². The molecule has 2 N–H and O–H groups in total. The molecule has 0 saturated heterocycles. The molecule has 1 fully saturated rings. The first-order valence-corrected chi connectivity index (χ1v) is 10.0. The molecule has 0 atom stereocenters. The number of carbonyl (C=O) groups is 2. The molecule has 29 heavy (non-hydrogen) atoms. The first-order valence-electron chi connectivity index (χ1n) is 10.0. The Labute approximate surface area is 170 Å². The molecule has 0 bridgehead atoms. The molecule has 2 amide bonds. The van der Waals surface area contributed by atoms with Gasteiger partial charge in [0.1, 0.15) is 11.6 Å². The minimum absolute atomic E-state index is 0.0351. The van der Waals surface area contributed by atoms with Gasteiger partial charge < -0.3 is 15.4 Å². The maximum absolute atomic E-state index is 13.7. The highest BCUT2D eigenvalue weighted by molar-refractivity contribution is 5.92. The summed E-state index contributed by atoms with van der Waals surface area (Å²) in [6.07, 6.45) is 3.29. The highest BCUT2D eigenvalue weighted by atomic mass is 19.1. The minimum Gasteiger partial charge on any atom is -0.496 e. The van der Waals surface area contributed by atoms with Gasteiger partial charge in [0.05, 0.1) is 12.8 Å². The number of methoxy groups -OCH3 is 1. The maximum atomic E-state index is 13.7. The third kappa shape index (κ3) is 5.56.